The van der Waals surface area contributed by atoms with Gasteiger partial charge >= 0.3 is 5.97 Å². The van der Waals surface area contributed by atoms with E-state index in [2.05, 4.69) is 4.90 Å². The minimum atomic E-state index is -3.59. The Morgan fingerprint density at radius 2 is 1.73 bits per heavy atom. The molecule has 1 aliphatic rings. The highest BCUT2D eigenvalue weighted by Gasteiger charge is 2.28. The molecule has 1 saturated heterocycles. The summed E-state index contributed by atoms with van der Waals surface area (Å²) in [6.45, 7) is 2.50. The van der Waals surface area contributed by atoms with Crippen LogP contribution in [0.4, 0.5) is 4.39 Å². The van der Waals surface area contributed by atoms with Crippen LogP contribution in [0.15, 0.2) is 29.2 Å². The van der Waals surface area contributed by atoms with Crippen molar-refractivity contribution in [1.82, 2.24) is 9.21 Å². The minimum Gasteiger partial charge on any atom is -0.481 e. The summed E-state index contributed by atoms with van der Waals surface area (Å²) in [5, 5.41) is 8.60. The van der Waals surface area contributed by atoms with Crippen LogP contribution in [0.1, 0.15) is 12.8 Å². The fraction of sp³-hybridized carbons (Fsp3) is 0.500. The second kappa shape index (κ2) is 7.17. The van der Waals surface area contributed by atoms with Crippen LogP contribution in [0.3, 0.4) is 0 Å². The van der Waals surface area contributed by atoms with E-state index < -0.39 is 21.8 Å². The van der Waals surface area contributed by atoms with Gasteiger partial charge in [-0.15, -0.1) is 0 Å². The van der Waals surface area contributed by atoms with Gasteiger partial charge in [0.1, 0.15) is 5.82 Å². The molecule has 0 aliphatic carbocycles. The molecule has 1 fully saturated rings. The van der Waals surface area contributed by atoms with Gasteiger partial charge in [-0.2, -0.15) is 4.31 Å². The maximum absolute atomic E-state index is 12.9. The smallest absolute Gasteiger partial charge is 0.303 e. The maximum Gasteiger partial charge on any atom is 0.303 e. The van der Waals surface area contributed by atoms with Crippen molar-refractivity contribution in [1.29, 1.82) is 0 Å². The second-order valence-electron chi connectivity index (χ2n) is 5.20. The molecule has 1 aliphatic heterocycles. The molecule has 1 heterocycles. The van der Waals surface area contributed by atoms with Crippen LogP contribution in [0.25, 0.3) is 0 Å². The molecule has 2 rings (SSSR count). The van der Waals surface area contributed by atoms with Gasteiger partial charge in [-0.3, -0.25) is 4.79 Å². The lowest BCUT2D eigenvalue weighted by atomic mass is 10.2. The zero-order chi connectivity index (χ0) is 16.2. The first kappa shape index (κ1) is 16.9. The van der Waals surface area contributed by atoms with Crippen molar-refractivity contribution in [3.8, 4) is 0 Å². The quantitative estimate of drug-likeness (QED) is 0.842. The number of benzene rings is 1. The molecule has 1 aromatic rings. The predicted molar refractivity (Wildman–Crippen MR) is 78.5 cm³/mol. The number of carboxylic acids is 1. The summed E-state index contributed by atoms with van der Waals surface area (Å²) in [6.07, 6.45) is 0.675. The molecule has 6 nitrogen and oxygen atoms in total. The van der Waals surface area contributed by atoms with Gasteiger partial charge < -0.3 is 10.0 Å². The first-order chi connectivity index (χ1) is 10.4. The van der Waals surface area contributed by atoms with Crippen LogP contribution < -0.4 is 0 Å². The van der Waals surface area contributed by atoms with Gasteiger partial charge in [0, 0.05) is 32.6 Å². The van der Waals surface area contributed by atoms with Gasteiger partial charge in [0.15, 0.2) is 0 Å². The van der Waals surface area contributed by atoms with E-state index in [-0.39, 0.29) is 11.3 Å². The Labute approximate surface area is 129 Å². The van der Waals surface area contributed by atoms with Crippen molar-refractivity contribution in [3.05, 3.63) is 30.1 Å². The van der Waals surface area contributed by atoms with E-state index in [4.69, 9.17) is 5.11 Å². The summed E-state index contributed by atoms with van der Waals surface area (Å²) < 4.78 is 39.1. The van der Waals surface area contributed by atoms with Crippen molar-refractivity contribution >= 4 is 16.0 Å². The van der Waals surface area contributed by atoms with Crippen molar-refractivity contribution < 1.29 is 22.7 Å². The zero-order valence-corrected chi connectivity index (χ0v) is 12.9. The van der Waals surface area contributed by atoms with Crippen molar-refractivity contribution in [3.63, 3.8) is 0 Å². The molecular weight excluding hydrogens is 311 g/mol. The Balaban J connectivity index is 1.90. The van der Waals surface area contributed by atoms with Crippen molar-refractivity contribution in [2.45, 2.75) is 17.7 Å². The lowest BCUT2D eigenvalue weighted by Gasteiger charge is -2.33. The Morgan fingerprint density at radius 3 is 2.27 bits per heavy atom. The minimum absolute atomic E-state index is 0.0910. The molecule has 0 spiro atoms. The first-order valence-corrected chi connectivity index (χ1v) is 8.53. The third-order valence-corrected chi connectivity index (χ3v) is 5.56. The number of aliphatic carboxylic acids is 1. The number of hydrogen-bond donors (Lipinski definition) is 1. The molecule has 0 unspecified atom stereocenters. The summed E-state index contributed by atoms with van der Waals surface area (Å²) in [5.41, 5.74) is 0. The number of nitrogens with zero attached hydrogens (tertiary/aromatic N) is 2. The molecule has 0 bridgehead atoms. The van der Waals surface area contributed by atoms with Crippen LogP contribution in [0.2, 0.25) is 0 Å². The molecule has 0 amide bonds. The largest absolute Gasteiger partial charge is 0.481 e. The number of sulfonamides is 1. The lowest BCUT2D eigenvalue weighted by Crippen LogP contribution is -2.48. The number of rotatable bonds is 6. The highest BCUT2D eigenvalue weighted by atomic mass is 32.2. The van der Waals surface area contributed by atoms with Crippen LogP contribution in [0, 0.1) is 5.82 Å². The molecule has 1 N–H and O–H groups in total. The van der Waals surface area contributed by atoms with Crippen LogP contribution >= 0.6 is 0 Å². The summed E-state index contributed by atoms with van der Waals surface area (Å²) in [4.78, 5) is 12.6. The number of carbonyl (C=O) groups is 1. The summed E-state index contributed by atoms with van der Waals surface area (Å²) in [5.74, 6) is -1.29. The van der Waals surface area contributed by atoms with E-state index in [1.54, 1.807) is 0 Å². The molecule has 0 radical (unpaired) electrons. The number of halogens is 1. The van der Waals surface area contributed by atoms with Gasteiger partial charge in [0.2, 0.25) is 10.0 Å². The fourth-order valence-corrected chi connectivity index (χ4v) is 3.83. The van der Waals surface area contributed by atoms with Gasteiger partial charge in [-0.05, 0) is 37.2 Å². The summed E-state index contributed by atoms with van der Waals surface area (Å²) in [6, 6.07) is 4.80. The van der Waals surface area contributed by atoms with Crippen molar-refractivity contribution in [2.24, 2.45) is 0 Å². The molecule has 8 heteroatoms. The second-order valence-corrected chi connectivity index (χ2v) is 7.13. The van der Waals surface area contributed by atoms with Gasteiger partial charge in [-0.25, -0.2) is 12.8 Å². The Hall–Kier alpha value is -1.51. The van der Waals surface area contributed by atoms with E-state index >= 15 is 0 Å². The van der Waals surface area contributed by atoms with Gasteiger partial charge in [-0.1, -0.05) is 0 Å². The monoisotopic (exact) mass is 330 g/mol. The van der Waals surface area contributed by atoms with E-state index in [0.29, 0.717) is 39.1 Å². The number of carboxylic acid groups (broad SMARTS) is 1. The molecule has 0 atom stereocenters. The topological polar surface area (TPSA) is 77.9 Å². The molecule has 22 heavy (non-hydrogen) atoms. The molecule has 0 saturated carbocycles. The zero-order valence-electron chi connectivity index (χ0n) is 12.1. The average Bonchev–Trinajstić information content (AvgIpc) is 2.48. The van der Waals surface area contributed by atoms with Gasteiger partial charge in [0.25, 0.3) is 0 Å². The van der Waals surface area contributed by atoms with E-state index in [1.807, 2.05) is 0 Å². The van der Waals surface area contributed by atoms with Crippen LogP contribution in [0.5, 0.6) is 0 Å². The Kier molecular flexibility index (Phi) is 5.49. The first-order valence-electron chi connectivity index (χ1n) is 7.09. The Morgan fingerprint density at radius 1 is 1.14 bits per heavy atom. The predicted octanol–water partition coefficient (Wildman–Crippen LogP) is 0.997. The highest BCUT2D eigenvalue weighted by molar-refractivity contribution is 7.89. The third kappa shape index (κ3) is 4.25. The van der Waals surface area contributed by atoms with E-state index in [0.717, 1.165) is 12.1 Å². The van der Waals surface area contributed by atoms with Crippen LogP contribution in [-0.2, 0) is 14.8 Å². The van der Waals surface area contributed by atoms with Crippen LogP contribution in [-0.4, -0.2) is 61.4 Å². The summed E-state index contributed by atoms with van der Waals surface area (Å²) >= 11 is 0. The Bertz CT molecular complexity index is 610. The highest BCUT2D eigenvalue weighted by Crippen LogP contribution is 2.18. The summed E-state index contributed by atoms with van der Waals surface area (Å²) in [7, 11) is -3.59. The number of piperazine rings is 1. The van der Waals surface area contributed by atoms with Crippen molar-refractivity contribution in [2.75, 3.05) is 32.7 Å². The van der Waals surface area contributed by atoms with E-state index in [9.17, 15) is 17.6 Å². The maximum atomic E-state index is 12.9. The lowest BCUT2D eigenvalue weighted by molar-refractivity contribution is -0.137. The molecule has 0 aromatic heterocycles. The van der Waals surface area contributed by atoms with Gasteiger partial charge in [0.05, 0.1) is 4.90 Å². The third-order valence-electron chi connectivity index (χ3n) is 3.65. The average molecular weight is 330 g/mol. The number of hydrogen-bond acceptors (Lipinski definition) is 4. The molecule has 1 aromatic carbocycles. The SMILES string of the molecule is O=C(O)CCCN1CCN(S(=O)(=O)c2ccc(F)cc2)CC1. The normalized spacial score (nSPS) is 17.5. The standard InChI is InChI=1S/C14H19FN2O4S/c15-12-3-5-13(6-4-12)22(20,21)17-10-8-16(9-11-17)7-1-2-14(18)19/h3-6H,1-2,7-11H2,(H,18,19). The molecule has 122 valence electrons. The van der Waals surface area contributed by atoms with E-state index in [1.165, 1.54) is 16.4 Å². The fourth-order valence-electron chi connectivity index (χ4n) is 2.40. The molecular formula is C14H19FN2O4S.